The summed E-state index contributed by atoms with van der Waals surface area (Å²) in [4.78, 5) is 28.2. The number of phenolic OH excluding ortho intramolecular Hbond substituents is 2. The Morgan fingerprint density at radius 3 is 1.57 bits per heavy atom. The van der Waals surface area contributed by atoms with Crippen LogP contribution in [0.15, 0.2) is 91.0 Å². The van der Waals surface area contributed by atoms with E-state index < -0.39 is 41.0 Å². The first kappa shape index (κ1) is 34.7. The number of hydrogen-bond donors (Lipinski definition) is 4. The molecule has 0 fully saturated rings. The molecular weight excluding hydrogens is 537 g/mol. The molecule has 40 heavy (non-hydrogen) atoms. The molecule has 0 aliphatic heterocycles. The van der Waals surface area contributed by atoms with Gasteiger partial charge in [0, 0.05) is 17.3 Å². The van der Waals surface area contributed by atoms with Gasteiger partial charge in [-0.15, -0.1) is 0 Å². The number of hydrogen-bond acceptors (Lipinski definition) is 8. The number of carboxylic acids is 3. The molecule has 12 heteroatoms. The Hall–Kier alpha value is -5.26. The Bertz CT molecular complexity index is 1350. The summed E-state index contributed by atoms with van der Waals surface area (Å²) < 4.78 is 36.3. The van der Waals surface area contributed by atoms with E-state index in [-0.39, 0.29) is 0 Å². The molecule has 0 unspecified atom stereocenters. The zero-order valence-corrected chi connectivity index (χ0v) is 21.1. The van der Waals surface area contributed by atoms with Crippen molar-refractivity contribution in [1.29, 1.82) is 0 Å². The minimum Gasteiger partial charge on any atom is -0.550 e. The quantitative estimate of drug-likeness (QED) is 0.270. The molecule has 0 saturated heterocycles. The number of aromatic carboxylic acids is 1. The predicted octanol–water partition coefficient (Wildman–Crippen LogP) is 3.56. The Morgan fingerprint density at radius 1 is 0.675 bits per heavy atom. The van der Waals surface area contributed by atoms with Gasteiger partial charge in [-0.1, -0.05) is 54.6 Å². The number of aromatic hydroxyl groups is 3. The summed E-state index contributed by atoms with van der Waals surface area (Å²) in [5.74, 6) is -3.79. The molecule has 0 bridgehead atoms. The number of fused-ring (bicyclic) bond motifs is 1. The summed E-state index contributed by atoms with van der Waals surface area (Å²) in [6, 6.07) is 23.7. The van der Waals surface area contributed by atoms with Crippen LogP contribution < -0.4 is 10.2 Å². The lowest BCUT2D eigenvalue weighted by Gasteiger charge is -2.07. The van der Waals surface area contributed by atoms with Crippen molar-refractivity contribution < 1.29 is 58.2 Å². The number of carbonyl (C=O) groups excluding carboxylic acids is 2. The van der Waals surface area contributed by atoms with Crippen LogP contribution >= 0.6 is 0 Å². The highest BCUT2D eigenvalue weighted by molar-refractivity contribution is 5.91. The number of carbonyl (C=O) groups is 3. The van der Waals surface area contributed by atoms with Crippen molar-refractivity contribution in [3.05, 3.63) is 102 Å². The van der Waals surface area contributed by atoms with E-state index in [0.717, 1.165) is 24.6 Å². The second-order valence-corrected chi connectivity index (χ2v) is 7.35. The van der Waals surface area contributed by atoms with Crippen LogP contribution in [0, 0.1) is 0 Å². The number of para-hydroxylation sites is 1. The van der Waals surface area contributed by atoms with Gasteiger partial charge in [-0.3, -0.25) is 0 Å². The molecule has 4 aromatic carbocycles. The van der Waals surface area contributed by atoms with Crippen molar-refractivity contribution in [2.45, 2.75) is 20.0 Å². The topological polar surface area (TPSA) is 178 Å². The Morgan fingerprint density at radius 2 is 1.15 bits per heavy atom. The fourth-order valence-electron chi connectivity index (χ4n) is 2.52. The van der Waals surface area contributed by atoms with Crippen molar-refractivity contribution >= 4 is 28.7 Å². The Labute approximate surface area is 226 Å². The standard InChI is InChI=1S/C10H8O.C8H5F3O3.C6H6O.2C2H4O2/c11-10-7-3-5-8-4-1-2-6-9(8)10;9-8(10,11)4-1-2-6(12)5(3-4)7(13)14;7-6-4-2-1-3-5-6;2*1-2(3)4/h1-7,11H;1-3,12H,(H,13,14);1-5,7H;2*1H3,(H,3,4)/p-2. The van der Waals surface area contributed by atoms with E-state index in [4.69, 9.17) is 35.1 Å². The van der Waals surface area contributed by atoms with Crippen molar-refractivity contribution in [3.8, 4) is 17.2 Å². The lowest BCUT2D eigenvalue weighted by atomic mass is 10.1. The number of alkyl halides is 3. The molecule has 4 N–H and O–H groups in total. The SMILES string of the molecule is CC(=O)[O-].CC(=O)[O-].O=C(O)c1cc(C(F)(F)F)ccc1O.Oc1cccc2ccccc12.Oc1ccccc1. The van der Waals surface area contributed by atoms with E-state index >= 15 is 0 Å². The first-order chi connectivity index (χ1) is 18.6. The minimum absolute atomic E-state index is 0.322. The molecule has 9 nitrogen and oxygen atoms in total. The second-order valence-electron chi connectivity index (χ2n) is 7.35. The highest BCUT2D eigenvalue weighted by Crippen LogP contribution is 2.32. The van der Waals surface area contributed by atoms with Crippen LogP contribution in [0.4, 0.5) is 13.2 Å². The lowest BCUT2D eigenvalue weighted by Crippen LogP contribution is -2.16. The third-order valence-electron chi connectivity index (χ3n) is 4.08. The number of halogens is 3. The smallest absolute Gasteiger partial charge is 0.416 e. The molecule has 0 aliphatic rings. The van der Waals surface area contributed by atoms with Gasteiger partial charge in [0.05, 0.1) is 5.56 Å². The maximum atomic E-state index is 12.1. The van der Waals surface area contributed by atoms with Gasteiger partial charge in [-0.25, -0.2) is 4.79 Å². The molecule has 0 radical (unpaired) electrons. The van der Waals surface area contributed by atoms with Crippen LogP contribution in [0.25, 0.3) is 10.8 Å². The summed E-state index contributed by atoms with van der Waals surface area (Å²) in [6.07, 6.45) is -4.61. The lowest BCUT2D eigenvalue weighted by molar-refractivity contribution is -0.303. The van der Waals surface area contributed by atoms with Crippen molar-refractivity contribution in [3.63, 3.8) is 0 Å². The summed E-state index contributed by atoms with van der Waals surface area (Å²) in [6.45, 7) is 1.94. The van der Waals surface area contributed by atoms with Gasteiger partial charge >= 0.3 is 12.1 Å². The average Bonchev–Trinajstić information content (AvgIpc) is 2.84. The number of rotatable bonds is 1. The monoisotopic (exact) mass is 562 g/mol. The van der Waals surface area contributed by atoms with Gasteiger partial charge in [-0.05, 0) is 55.6 Å². The molecule has 0 aliphatic carbocycles. The molecule has 214 valence electrons. The third-order valence-corrected chi connectivity index (χ3v) is 4.08. The van der Waals surface area contributed by atoms with E-state index in [9.17, 15) is 23.1 Å². The summed E-state index contributed by atoms with van der Waals surface area (Å²) >= 11 is 0. The molecule has 4 rings (SSSR count). The van der Waals surface area contributed by atoms with Crippen LogP contribution in [0.3, 0.4) is 0 Å². The normalized spacial score (nSPS) is 9.53. The molecule has 0 atom stereocenters. The Kier molecular flexibility index (Phi) is 15.0. The molecule has 0 heterocycles. The van der Waals surface area contributed by atoms with Gasteiger partial charge in [-0.2, -0.15) is 13.2 Å². The molecule has 0 amide bonds. The largest absolute Gasteiger partial charge is 0.550 e. The van der Waals surface area contributed by atoms with Crippen molar-refractivity contribution in [1.82, 2.24) is 0 Å². The summed E-state index contributed by atoms with van der Waals surface area (Å²) in [5, 5.41) is 55.1. The maximum Gasteiger partial charge on any atom is 0.416 e. The van der Waals surface area contributed by atoms with E-state index in [1.54, 1.807) is 30.3 Å². The first-order valence-corrected chi connectivity index (χ1v) is 11.0. The van der Waals surface area contributed by atoms with Crippen LogP contribution in [-0.4, -0.2) is 38.3 Å². The average molecular weight is 562 g/mol. The van der Waals surface area contributed by atoms with Gasteiger partial charge in [0.15, 0.2) is 0 Å². The van der Waals surface area contributed by atoms with Crippen LogP contribution in [0.5, 0.6) is 17.2 Å². The minimum atomic E-state index is -4.61. The van der Waals surface area contributed by atoms with Crippen molar-refractivity contribution in [2.75, 3.05) is 0 Å². The van der Waals surface area contributed by atoms with Gasteiger partial charge in [0.1, 0.15) is 22.8 Å². The molecule has 4 aromatic rings. The predicted molar refractivity (Wildman–Crippen MR) is 135 cm³/mol. The van der Waals surface area contributed by atoms with Gasteiger partial charge < -0.3 is 40.2 Å². The number of benzene rings is 4. The van der Waals surface area contributed by atoms with E-state index in [1.165, 1.54) is 0 Å². The zero-order chi connectivity index (χ0) is 30.9. The number of aliphatic carboxylic acids is 2. The van der Waals surface area contributed by atoms with Crippen LogP contribution in [0.1, 0.15) is 29.8 Å². The van der Waals surface area contributed by atoms with Crippen LogP contribution in [0.2, 0.25) is 0 Å². The van der Waals surface area contributed by atoms with E-state index in [0.29, 0.717) is 29.7 Å². The second kappa shape index (κ2) is 17.3. The number of phenols is 3. The fourth-order valence-corrected chi connectivity index (χ4v) is 2.52. The van der Waals surface area contributed by atoms with Crippen LogP contribution in [-0.2, 0) is 15.8 Å². The zero-order valence-electron chi connectivity index (χ0n) is 21.1. The highest BCUT2D eigenvalue weighted by Gasteiger charge is 2.31. The summed E-state index contributed by atoms with van der Waals surface area (Å²) in [5.41, 5.74) is -1.87. The highest BCUT2D eigenvalue weighted by atomic mass is 19.4. The van der Waals surface area contributed by atoms with E-state index in [1.807, 2.05) is 42.5 Å². The fraction of sp³-hybridized carbons (Fsp3) is 0.107. The molecule has 0 saturated carbocycles. The summed E-state index contributed by atoms with van der Waals surface area (Å²) in [7, 11) is 0. The van der Waals surface area contributed by atoms with Gasteiger partial charge in [0.2, 0.25) is 0 Å². The molecule has 0 aromatic heterocycles. The van der Waals surface area contributed by atoms with Gasteiger partial charge in [0.25, 0.3) is 0 Å². The van der Waals surface area contributed by atoms with E-state index in [2.05, 4.69) is 0 Å². The van der Waals surface area contributed by atoms with Crippen molar-refractivity contribution in [2.24, 2.45) is 0 Å². The maximum absolute atomic E-state index is 12.1. The number of carboxylic acid groups (broad SMARTS) is 3. The Balaban J connectivity index is 0.000000519. The molecular formula is C28H25F3O9-2. The first-order valence-electron chi connectivity index (χ1n) is 11.0. The third kappa shape index (κ3) is 15.1. The molecule has 0 spiro atoms.